The quantitative estimate of drug-likeness (QED) is 0.889. The molecule has 2 aliphatic heterocycles. The molecule has 0 saturated carbocycles. The molecule has 0 aliphatic carbocycles. The lowest BCUT2D eigenvalue weighted by atomic mass is 9.74. The van der Waals surface area contributed by atoms with Crippen molar-refractivity contribution in [3.63, 3.8) is 0 Å². The van der Waals surface area contributed by atoms with E-state index in [0.717, 1.165) is 37.2 Å². The molecule has 0 aromatic heterocycles. The zero-order valence-electron chi connectivity index (χ0n) is 12.8. The molecule has 4 nitrogen and oxygen atoms in total. The van der Waals surface area contributed by atoms with E-state index in [-0.39, 0.29) is 11.5 Å². The largest absolute Gasteiger partial charge is 0.478 e. The van der Waals surface area contributed by atoms with Crippen LogP contribution in [0.3, 0.4) is 0 Å². The number of para-hydroxylation sites is 1. The third-order valence-corrected chi connectivity index (χ3v) is 4.92. The third kappa shape index (κ3) is 2.49. The Balaban J connectivity index is 1.83. The minimum Gasteiger partial charge on any atom is -0.478 e. The molecule has 2 N–H and O–H groups in total. The molecular weight excluding hydrogens is 290 g/mol. The van der Waals surface area contributed by atoms with E-state index in [9.17, 15) is 9.90 Å². The van der Waals surface area contributed by atoms with Crippen molar-refractivity contribution in [3.8, 4) is 11.5 Å². The summed E-state index contributed by atoms with van der Waals surface area (Å²) >= 11 is 0. The molecule has 0 radical (unpaired) electrons. The highest BCUT2D eigenvalue weighted by molar-refractivity contribution is 5.88. The lowest BCUT2D eigenvalue weighted by Crippen LogP contribution is -2.32. The molecule has 0 amide bonds. The monoisotopic (exact) mass is 309 g/mol. The van der Waals surface area contributed by atoms with Crippen molar-refractivity contribution in [2.24, 2.45) is 5.92 Å². The normalized spacial score (nSPS) is 20.3. The number of carboxylic acids is 1. The number of aromatic carboxylic acids is 1. The third-order valence-electron chi connectivity index (χ3n) is 4.92. The molecule has 23 heavy (non-hydrogen) atoms. The number of nitrogens with one attached hydrogen (secondary N) is 1. The number of rotatable bonds is 2. The van der Waals surface area contributed by atoms with Crippen molar-refractivity contribution >= 4 is 5.97 Å². The summed E-state index contributed by atoms with van der Waals surface area (Å²) in [5.41, 5.74) is 2.60. The van der Waals surface area contributed by atoms with Gasteiger partial charge < -0.3 is 15.2 Å². The van der Waals surface area contributed by atoms with Crippen LogP contribution in [0.5, 0.6) is 11.5 Å². The lowest BCUT2D eigenvalue weighted by molar-refractivity contribution is 0.0696. The van der Waals surface area contributed by atoms with Crippen LogP contribution in [0.1, 0.15) is 40.2 Å². The van der Waals surface area contributed by atoms with Crippen molar-refractivity contribution in [1.29, 1.82) is 0 Å². The first kappa shape index (κ1) is 14.3. The highest BCUT2D eigenvalue weighted by atomic mass is 16.5. The van der Waals surface area contributed by atoms with Crippen LogP contribution in [-0.4, -0.2) is 24.2 Å². The van der Waals surface area contributed by atoms with Crippen molar-refractivity contribution < 1.29 is 14.6 Å². The average molecular weight is 309 g/mol. The average Bonchev–Trinajstić information content (AvgIpc) is 2.59. The van der Waals surface area contributed by atoms with E-state index < -0.39 is 5.97 Å². The Morgan fingerprint density at radius 2 is 1.78 bits per heavy atom. The molecule has 1 fully saturated rings. The summed E-state index contributed by atoms with van der Waals surface area (Å²) in [6, 6.07) is 13.4. The van der Waals surface area contributed by atoms with Gasteiger partial charge in [0.25, 0.3) is 0 Å². The molecule has 0 spiro atoms. The van der Waals surface area contributed by atoms with Gasteiger partial charge in [0.1, 0.15) is 11.5 Å². The van der Waals surface area contributed by atoms with Gasteiger partial charge in [0.15, 0.2) is 0 Å². The molecule has 2 aliphatic rings. The highest BCUT2D eigenvalue weighted by Crippen LogP contribution is 2.49. The maximum absolute atomic E-state index is 11.3. The molecule has 4 heteroatoms. The number of benzene rings is 2. The van der Waals surface area contributed by atoms with E-state index >= 15 is 0 Å². The first-order valence-electron chi connectivity index (χ1n) is 8.09. The minimum absolute atomic E-state index is 0.271. The number of fused-ring (bicyclic) bond motifs is 2. The first-order chi connectivity index (χ1) is 11.2. The van der Waals surface area contributed by atoms with Gasteiger partial charge in [0.2, 0.25) is 0 Å². The van der Waals surface area contributed by atoms with Crippen LogP contribution < -0.4 is 10.1 Å². The second-order valence-electron chi connectivity index (χ2n) is 6.26. The second-order valence-corrected chi connectivity index (χ2v) is 6.26. The summed E-state index contributed by atoms with van der Waals surface area (Å²) in [7, 11) is 0. The number of carboxylic acid groups (broad SMARTS) is 1. The molecule has 0 bridgehead atoms. The van der Waals surface area contributed by atoms with Gasteiger partial charge >= 0.3 is 5.97 Å². The molecule has 2 aromatic carbocycles. The summed E-state index contributed by atoms with van der Waals surface area (Å²) < 4.78 is 6.01. The van der Waals surface area contributed by atoms with Crippen LogP contribution in [0.25, 0.3) is 0 Å². The zero-order chi connectivity index (χ0) is 15.8. The number of carbonyl (C=O) groups is 1. The van der Waals surface area contributed by atoms with Crippen LogP contribution in [0.4, 0.5) is 0 Å². The molecule has 2 heterocycles. The second kappa shape index (κ2) is 5.70. The molecule has 4 rings (SSSR count). The predicted octanol–water partition coefficient (Wildman–Crippen LogP) is 3.62. The van der Waals surface area contributed by atoms with Gasteiger partial charge in [-0.3, -0.25) is 0 Å². The van der Waals surface area contributed by atoms with Crippen molar-refractivity contribution in [2.75, 3.05) is 13.1 Å². The Morgan fingerprint density at radius 1 is 1.04 bits per heavy atom. The van der Waals surface area contributed by atoms with Crippen molar-refractivity contribution in [1.82, 2.24) is 5.32 Å². The van der Waals surface area contributed by atoms with Gasteiger partial charge in [0.05, 0.1) is 5.56 Å². The van der Waals surface area contributed by atoms with Crippen molar-refractivity contribution in [3.05, 3.63) is 59.2 Å². The van der Waals surface area contributed by atoms with Gasteiger partial charge in [-0.25, -0.2) is 4.79 Å². The van der Waals surface area contributed by atoms with Gasteiger partial charge in [-0.2, -0.15) is 0 Å². The Kier molecular flexibility index (Phi) is 3.54. The summed E-state index contributed by atoms with van der Waals surface area (Å²) in [6.07, 6.45) is 2.25. The number of hydrogen-bond acceptors (Lipinski definition) is 3. The van der Waals surface area contributed by atoms with Gasteiger partial charge in [0, 0.05) is 17.0 Å². The fourth-order valence-electron chi connectivity index (χ4n) is 3.81. The summed E-state index contributed by atoms with van der Waals surface area (Å²) in [5.74, 6) is 1.45. The number of hydrogen-bond donors (Lipinski definition) is 2. The summed E-state index contributed by atoms with van der Waals surface area (Å²) in [5, 5.41) is 12.6. The van der Waals surface area contributed by atoms with Crippen LogP contribution in [-0.2, 0) is 0 Å². The first-order valence-corrected chi connectivity index (χ1v) is 8.09. The number of ether oxygens (including phenoxy) is 1. The standard InChI is InChI=1S/C19H19NO3/c21-19(22)13-5-6-15-17(11-13)23-16-4-2-1-3-14(16)18(15)12-7-9-20-10-8-12/h1-6,11-12,18,20H,7-10H2,(H,21,22). The van der Waals surface area contributed by atoms with Crippen molar-refractivity contribution in [2.45, 2.75) is 18.8 Å². The van der Waals surface area contributed by atoms with Gasteiger partial charge in [-0.15, -0.1) is 0 Å². The maximum atomic E-state index is 11.3. The van der Waals surface area contributed by atoms with E-state index in [1.54, 1.807) is 12.1 Å². The topological polar surface area (TPSA) is 58.6 Å². The summed E-state index contributed by atoms with van der Waals surface area (Å²) in [4.78, 5) is 11.3. The van der Waals surface area contributed by atoms with Gasteiger partial charge in [-0.1, -0.05) is 24.3 Å². The fourth-order valence-corrected chi connectivity index (χ4v) is 3.81. The molecular formula is C19H19NO3. The van der Waals surface area contributed by atoms with Gasteiger partial charge in [-0.05, 0) is 50.0 Å². The molecule has 1 atom stereocenters. The smallest absolute Gasteiger partial charge is 0.335 e. The van der Waals surface area contributed by atoms with Crippen LogP contribution in [0.2, 0.25) is 0 Å². The van der Waals surface area contributed by atoms with E-state index in [1.807, 2.05) is 24.3 Å². The Hall–Kier alpha value is -2.33. The molecule has 1 unspecified atom stereocenters. The maximum Gasteiger partial charge on any atom is 0.335 e. The number of piperidine rings is 1. The lowest BCUT2D eigenvalue weighted by Gasteiger charge is -2.36. The summed E-state index contributed by atoms with van der Waals surface area (Å²) in [6.45, 7) is 2.07. The van der Waals surface area contributed by atoms with Crippen LogP contribution >= 0.6 is 0 Å². The zero-order valence-corrected chi connectivity index (χ0v) is 12.8. The van der Waals surface area contributed by atoms with E-state index in [4.69, 9.17) is 4.74 Å². The Morgan fingerprint density at radius 3 is 2.57 bits per heavy atom. The Bertz CT molecular complexity index is 750. The highest BCUT2D eigenvalue weighted by Gasteiger charge is 2.34. The fraction of sp³-hybridized carbons (Fsp3) is 0.316. The molecule has 118 valence electrons. The SMILES string of the molecule is O=C(O)c1ccc2c(c1)Oc1ccccc1C2C1CCNCC1. The molecule has 2 aromatic rings. The van der Waals surface area contributed by atoms with E-state index in [2.05, 4.69) is 11.4 Å². The Labute approximate surface area is 135 Å². The predicted molar refractivity (Wildman–Crippen MR) is 87.4 cm³/mol. The van der Waals surface area contributed by atoms with E-state index in [0.29, 0.717) is 11.7 Å². The minimum atomic E-state index is -0.923. The van der Waals surface area contributed by atoms with Crippen LogP contribution in [0.15, 0.2) is 42.5 Å². The van der Waals surface area contributed by atoms with E-state index in [1.165, 1.54) is 5.56 Å². The molecule has 1 saturated heterocycles. The van der Waals surface area contributed by atoms with Crippen LogP contribution in [0, 0.1) is 5.92 Å².